The molecule has 2 aromatic rings. The van der Waals surface area contributed by atoms with Gasteiger partial charge in [-0.1, -0.05) is 41.3 Å². The van der Waals surface area contributed by atoms with Gasteiger partial charge in [-0.15, -0.1) is 10.2 Å². The number of hydrogen-bond donors (Lipinski definition) is 1. The fourth-order valence-electron chi connectivity index (χ4n) is 2.45. The number of aromatic nitrogens is 2. The van der Waals surface area contributed by atoms with E-state index < -0.39 is 0 Å². The lowest BCUT2D eigenvalue weighted by molar-refractivity contribution is -0.117. The molecule has 1 amide bonds. The molecular weight excluding hydrogens is 304 g/mol. The molecule has 0 fully saturated rings. The van der Waals surface area contributed by atoms with Crippen molar-refractivity contribution < 1.29 is 4.79 Å². The SMILES string of the molecule is C[C@@H](Sc1nnc(N)s1)C(=O)N1CCCc2ccccc21. The largest absolute Gasteiger partial charge is 0.374 e. The Balaban J connectivity index is 1.76. The number of benzene rings is 1. The number of thioether (sulfide) groups is 1. The molecule has 0 saturated carbocycles. The molecule has 0 aliphatic carbocycles. The highest BCUT2D eigenvalue weighted by Crippen LogP contribution is 2.32. The van der Waals surface area contributed by atoms with E-state index in [1.54, 1.807) is 0 Å². The van der Waals surface area contributed by atoms with Crippen LogP contribution in [0.4, 0.5) is 10.8 Å². The summed E-state index contributed by atoms with van der Waals surface area (Å²) in [5, 5.41) is 7.97. The van der Waals surface area contributed by atoms with Gasteiger partial charge < -0.3 is 10.6 Å². The summed E-state index contributed by atoms with van der Waals surface area (Å²) >= 11 is 2.73. The molecule has 1 aromatic carbocycles. The first-order valence-corrected chi connectivity index (χ1v) is 8.49. The Bertz CT molecular complexity index is 658. The Labute approximate surface area is 131 Å². The van der Waals surface area contributed by atoms with E-state index >= 15 is 0 Å². The third kappa shape index (κ3) is 3.03. The van der Waals surface area contributed by atoms with Crippen molar-refractivity contribution in [3.63, 3.8) is 0 Å². The van der Waals surface area contributed by atoms with E-state index in [2.05, 4.69) is 16.3 Å². The highest BCUT2D eigenvalue weighted by molar-refractivity contribution is 8.02. The van der Waals surface area contributed by atoms with Crippen LogP contribution in [0.2, 0.25) is 0 Å². The summed E-state index contributed by atoms with van der Waals surface area (Å²) in [6.07, 6.45) is 2.04. The number of nitrogens with two attached hydrogens (primary N) is 1. The van der Waals surface area contributed by atoms with E-state index in [9.17, 15) is 4.79 Å². The van der Waals surface area contributed by atoms with E-state index in [0.717, 1.165) is 29.4 Å². The lowest BCUT2D eigenvalue weighted by Gasteiger charge is -2.31. The third-order valence-electron chi connectivity index (χ3n) is 3.42. The van der Waals surface area contributed by atoms with Gasteiger partial charge in [0.1, 0.15) is 0 Å². The zero-order valence-electron chi connectivity index (χ0n) is 11.7. The number of amides is 1. The quantitative estimate of drug-likeness (QED) is 0.880. The van der Waals surface area contributed by atoms with Crippen molar-refractivity contribution in [1.29, 1.82) is 0 Å². The number of carbonyl (C=O) groups excluding carboxylic acids is 1. The standard InChI is InChI=1S/C14H16N4OS2/c1-9(20-14-17-16-13(15)21-14)12(19)18-8-4-6-10-5-2-3-7-11(10)18/h2-3,5,7,9H,4,6,8H2,1H3,(H2,15,16)/t9-/m1/s1. The van der Waals surface area contributed by atoms with Crippen LogP contribution in [0, 0.1) is 0 Å². The van der Waals surface area contributed by atoms with Crippen molar-refractivity contribution in [3.8, 4) is 0 Å². The average Bonchev–Trinajstić information content (AvgIpc) is 2.91. The van der Waals surface area contributed by atoms with E-state index in [0.29, 0.717) is 5.13 Å². The lowest BCUT2D eigenvalue weighted by Crippen LogP contribution is -2.40. The molecule has 3 rings (SSSR count). The molecule has 1 aliphatic rings. The van der Waals surface area contributed by atoms with Crippen molar-refractivity contribution in [2.24, 2.45) is 0 Å². The average molecular weight is 320 g/mol. The molecule has 7 heteroatoms. The van der Waals surface area contributed by atoms with Gasteiger partial charge in [0.25, 0.3) is 0 Å². The molecule has 0 bridgehead atoms. The van der Waals surface area contributed by atoms with Crippen molar-refractivity contribution in [3.05, 3.63) is 29.8 Å². The molecule has 2 N–H and O–H groups in total. The summed E-state index contributed by atoms with van der Waals surface area (Å²) in [6.45, 7) is 2.68. The molecule has 0 unspecified atom stereocenters. The molecular formula is C14H16N4OS2. The molecule has 21 heavy (non-hydrogen) atoms. The second-order valence-electron chi connectivity index (χ2n) is 4.89. The fraction of sp³-hybridized carbons (Fsp3) is 0.357. The first kappa shape index (κ1) is 14.3. The predicted octanol–water partition coefficient (Wildman–Crippen LogP) is 2.58. The molecule has 2 heterocycles. The first-order chi connectivity index (χ1) is 10.1. The van der Waals surface area contributed by atoms with Crippen molar-refractivity contribution in [2.75, 3.05) is 17.2 Å². The maximum atomic E-state index is 12.7. The normalized spacial score (nSPS) is 15.6. The van der Waals surface area contributed by atoms with Crippen LogP contribution in [-0.4, -0.2) is 27.9 Å². The van der Waals surface area contributed by atoms with E-state index in [1.165, 1.54) is 28.7 Å². The number of nitrogen functional groups attached to an aromatic ring is 1. The van der Waals surface area contributed by atoms with Crippen LogP contribution >= 0.6 is 23.1 Å². The van der Waals surface area contributed by atoms with Gasteiger partial charge in [0, 0.05) is 12.2 Å². The van der Waals surface area contributed by atoms with Gasteiger partial charge in [0.2, 0.25) is 11.0 Å². The number of fused-ring (bicyclic) bond motifs is 1. The maximum absolute atomic E-state index is 12.7. The van der Waals surface area contributed by atoms with Gasteiger partial charge in [0.05, 0.1) is 5.25 Å². The molecule has 0 spiro atoms. The summed E-state index contributed by atoms with van der Waals surface area (Å²) in [7, 11) is 0. The molecule has 1 aliphatic heterocycles. The fourth-order valence-corrected chi connectivity index (χ4v) is 4.29. The van der Waals surface area contributed by atoms with Gasteiger partial charge in [-0.2, -0.15) is 0 Å². The summed E-state index contributed by atoms with van der Waals surface area (Å²) in [4.78, 5) is 14.6. The lowest BCUT2D eigenvalue weighted by atomic mass is 10.0. The van der Waals surface area contributed by atoms with Crippen LogP contribution in [0.1, 0.15) is 18.9 Å². The van der Waals surface area contributed by atoms with Crippen LogP contribution in [-0.2, 0) is 11.2 Å². The second-order valence-corrected chi connectivity index (χ2v) is 7.49. The van der Waals surface area contributed by atoms with Crippen molar-refractivity contribution in [2.45, 2.75) is 29.4 Å². The Morgan fingerprint density at radius 1 is 1.43 bits per heavy atom. The summed E-state index contributed by atoms with van der Waals surface area (Å²) in [5.41, 5.74) is 7.86. The summed E-state index contributed by atoms with van der Waals surface area (Å²) in [6, 6.07) is 8.12. The molecule has 5 nitrogen and oxygen atoms in total. The van der Waals surface area contributed by atoms with E-state index in [-0.39, 0.29) is 11.2 Å². The first-order valence-electron chi connectivity index (χ1n) is 6.80. The van der Waals surface area contributed by atoms with Gasteiger partial charge in [-0.05, 0) is 31.4 Å². The topological polar surface area (TPSA) is 72.1 Å². The smallest absolute Gasteiger partial charge is 0.240 e. The number of carbonyl (C=O) groups is 1. The monoisotopic (exact) mass is 320 g/mol. The zero-order valence-corrected chi connectivity index (χ0v) is 13.3. The van der Waals surface area contributed by atoms with Crippen LogP contribution in [0.25, 0.3) is 0 Å². The number of aryl methyl sites for hydroxylation is 1. The second kappa shape index (κ2) is 6.03. The Kier molecular flexibility index (Phi) is 4.12. The van der Waals surface area contributed by atoms with Gasteiger partial charge in [-0.3, -0.25) is 4.79 Å². The molecule has 1 atom stereocenters. The highest BCUT2D eigenvalue weighted by Gasteiger charge is 2.27. The number of rotatable bonds is 3. The van der Waals surface area contributed by atoms with E-state index in [1.807, 2.05) is 30.0 Å². The molecule has 0 radical (unpaired) electrons. The Morgan fingerprint density at radius 2 is 2.24 bits per heavy atom. The van der Waals surface area contributed by atoms with Crippen LogP contribution in [0.5, 0.6) is 0 Å². The summed E-state index contributed by atoms with van der Waals surface area (Å²) in [5.74, 6) is 0.112. The minimum atomic E-state index is -0.205. The van der Waals surface area contributed by atoms with Gasteiger partial charge >= 0.3 is 0 Å². The minimum absolute atomic E-state index is 0.112. The minimum Gasteiger partial charge on any atom is -0.374 e. The van der Waals surface area contributed by atoms with Crippen molar-refractivity contribution in [1.82, 2.24) is 10.2 Å². The molecule has 0 saturated heterocycles. The Hall–Kier alpha value is -1.60. The summed E-state index contributed by atoms with van der Waals surface area (Å²) < 4.78 is 0.735. The van der Waals surface area contributed by atoms with Gasteiger partial charge in [-0.25, -0.2) is 0 Å². The molecule has 1 aromatic heterocycles. The van der Waals surface area contributed by atoms with Crippen molar-refractivity contribution >= 4 is 39.8 Å². The Morgan fingerprint density at radius 3 is 3.00 bits per heavy atom. The van der Waals surface area contributed by atoms with E-state index in [4.69, 9.17) is 5.73 Å². The number of para-hydroxylation sites is 1. The maximum Gasteiger partial charge on any atom is 0.240 e. The van der Waals surface area contributed by atoms with Crippen LogP contribution in [0.3, 0.4) is 0 Å². The predicted molar refractivity (Wildman–Crippen MR) is 86.8 cm³/mol. The van der Waals surface area contributed by atoms with Gasteiger partial charge in [0.15, 0.2) is 4.34 Å². The highest BCUT2D eigenvalue weighted by atomic mass is 32.2. The zero-order chi connectivity index (χ0) is 14.8. The van der Waals surface area contributed by atoms with Crippen LogP contribution in [0.15, 0.2) is 28.6 Å². The molecule has 110 valence electrons. The number of anilines is 2. The number of hydrogen-bond acceptors (Lipinski definition) is 6. The van der Waals surface area contributed by atoms with Crippen LogP contribution < -0.4 is 10.6 Å². The number of nitrogens with zero attached hydrogens (tertiary/aromatic N) is 3. The third-order valence-corrected chi connectivity index (χ3v) is 5.35.